The molecule has 6 heteroatoms. The molecule has 0 spiro atoms. The van der Waals surface area contributed by atoms with E-state index in [1.54, 1.807) is 17.8 Å². The number of nitrogens with zero attached hydrogens (tertiary/aromatic N) is 1. The molecule has 0 radical (unpaired) electrons. The summed E-state index contributed by atoms with van der Waals surface area (Å²) in [5.74, 6) is 0.741. The van der Waals surface area contributed by atoms with Gasteiger partial charge in [0.2, 0.25) is 0 Å². The number of hydrogen-bond donors (Lipinski definition) is 1. The Bertz CT molecular complexity index is 949. The lowest BCUT2D eigenvalue weighted by atomic mass is 9.95. The molecule has 0 aliphatic carbocycles. The van der Waals surface area contributed by atoms with Gasteiger partial charge in [0.15, 0.2) is 5.17 Å². The minimum Gasteiger partial charge on any atom is -0.356 e. The first-order chi connectivity index (χ1) is 13.2. The van der Waals surface area contributed by atoms with E-state index in [1.165, 1.54) is 11.1 Å². The van der Waals surface area contributed by atoms with Crippen LogP contribution < -0.4 is 5.32 Å². The Hall–Kier alpha value is -1.65. The fourth-order valence-electron chi connectivity index (χ4n) is 3.16. The van der Waals surface area contributed by atoms with Crippen LogP contribution >= 0.6 is 47.4 Å². The maximum atomic E-state index is 6.31. The highest BCUT2D eigenvalue weighted by Crippen LogP contribution is 2.38. The summed E-state index contributed by atoms with van der Waals surface area (Å²) >= 11 is 14.0. The van der Waals surface area contributed by atoms with Crippen LogP contribution in [-0.4, -0.2) is 5.17 Å². The third-order valence-corrected chi connectivity index (χ3v) is 6.07. The molecule has 0 fully saturated rings. The van der Waals surface area contributed by atoms with E-state index < -0.39 is 0 Å². The lowest BCUT2D eigenvalue weighted by Crippen LogP contribution is -2.22. The molecule has 144 valence electrons. The molecule has 1 N–H and O–H groups in total. The maximum Gasteiger partial charge on any atom is 0.158 e. The van der Waals surface area contributed by atoms with E-state index in [9.17, 15) is 0 Å². The molecule has 0 aromatic heterocycles. The molecule has 0 saturated carbocycles. The van der Waals surface area contributed by atoms with E-state index >= 15 is 0 Å². The summed E-state index contributed by atoms with van der Waals surface area (Å²) in [6.07, 6.45) is 0. The van der Waals surface area contributed by atoms with Crippen molar-refractivity contribution >= 4 is 52.5 Å². The van der Waals surface area contributed by atoms with Gasteiger partial charge >= 0.3 is 0 Å². The second-order valence-corrected chi connectivity index (χ2v) is 8.15. The SMILES string of the molecule is Cl.Clc1ccc(CSC2=NC(c3ccccc3)C(c3ccccc3)N2)c(Cl)c1. The number of halogens is 3. The van der Waals surface area contributed by atoms with Gasteiger partial charge in [0, 0.05) is 15.8 Å². The van der Waals surface area contributed by atoms with Crippen LogP contribution in [0.15, 0.2) is 83.9 Å². The third-order valence-electron chi connectivity index (χ3n) is 4.53. The summed E-state index contributed by atoms with van der Waals surface area (Å²) in [5.41, 5.74) is 3.49. The summed E-state index contributed by atoms with van der Waals surface area (Å²) in [4.78, 5) is 4.98. The number of aliphatic imine (C=N–C) groups is 1. The second kappa shape index (κ2) is 9.71. The van der Waals surface area contributed by atoms with Crippen LogP contribution in [0.25, 0.3) is 0 Å². The van der Waals surface area contributed by atoms with Gasteiger partial charge in [-0.2, -0.15) is 0 Å². The predicted octanol–water partition coefficient (Wildman–Crippen LogP) is 7.09. The van der Waals surface area contributed by atoms with Gasteiger partial charge in [0.05, 0.1) is 6.04 Å². The van der Waals surface area contributed by atoms with Gasteiger partial charge < -0.3 is 5.32 Å². The molecular weight excluding hydrogens is 431 g/mol. The van der Waals surface area contributed by atoms with E-state index in [4.69, 9.17) is 28.2 Å². The van der Waals surface area contributed by atoms with Gasteiger partial charge in [-0.3, -0.25) is 4.99 Å². The number of hydrogen-bond acceptors (Lipinski definition) is 3. The van der Waals surface area contributed by atoms with Crippen LogP contribution in [-0.2, 0) is 5.75 Å². The zero-order valence-corrected chi connectivity index (χ0v) is 18.0. The summed E-state index contributed by atoms with van der Waals surface area (Å²) < 4.78 is 0. The van der Waals surface area contributed by atoms with Crippen molar-refractivity contribution in [2.24, 2.45) is 4.99 Å². The average molecular weight is 450 g/mol. The molecule has 1 aliphatic heterocycles. The Balaban J connectivity index is 0.00000225. The van der Waals surface area contributed by atoms with Crippen molar-refractivity contribution in [2.75, 3.05) is 0 Å². The summed E-state index contributed by atoms with van der Waals surface area (Å²) in [5, 5.41) is 5.87. The van der Waals surface area contributed by atoms with Crippen molar-refractivity contribution in [3.05, 3.63) is 106 Å². The van der Waals surface area contributed by atoms with Crippen LogP contribution in [0, 0.1) is 0 Å². The van der Waals surface area contributed by atoms with Gasteiger partial charge in [-0.25, -0.2) is 0 Å². The Morgan fingerprint density at radius 1 is 0.857 bits per heavy atom. The van der Waals surface area contributed by atoms with E-state index in [-0.39, 0.29) is 24.5 Å². The zero-order valence-electron chi connectivity index (χ0n) is 14.9. The molecule has 28 heavy (non-hydrogen) atoms. The van der Waals surface area contributed by atoms with Crippen LogP contribution in [0.4, 0.5) is 0 Å². The molecule has 2 nitrogen and oxygen atoms in total. The first-order valence-corrected chi connectivity index (χ1v) is 10.5. The first-order valence-electron chi connectivity index (χ1n) is 8.71. The van der Waals surface area contributed by atoms with E-state index in [0.717, 1.165) is 16.5 Å². The molecule has 3 aromatic carbocycles. The van der Waals surface area contributed by atoms with Crippen molar-refractivity contribution in [1.29, 1.82) is 0 Å². The van der Waals surface area contributed by atoms with Crippen molar-refractivity contribution in [2.45, 2.75) is 17.8 Å². The Morgan fingerprint density at radius 2 is 1.50 bits per heavy atom. The Labute approximate surface area is 185 Å². The number of nitrogens with one attached hydrogen (secondary N) is 1. The molecule has 3 aromatic rings. The van der Waals surface area contributed by atoms with Gasteiger partial charge in [-0.15, -0.1) is 12.4 Å². The average Bonchev–Trinajstić information content (AvgIpc) is 3.13. The van der Waals surface area contributed by atoms with Gasteiger partial charge in [-0.05, 0) is 28.8 Å². The Kier molecular flexibility index (Phi) is 7.30. The van der Waals surface area contributed by atoms with Crippen LogP contribution in [0.5, 0.6) is 0 Å². The van der Waals surface area contributed by atoms with Crippen LogP contribution in [0.1, 0.15) is 28.8 Å². The number of benzene rings is 3. The van der Waals surface area contributed by atoms with Crippen molar-refractivity contribution < 1.29 is 0 Å². The largest absolute Gasteiger partial charge is 0.356 e. The normalized spacial score (nSPS) is 18.1. The zero-order chi connectivity index (χ0) is 18.6. The number of rotatable bonds is 4. The van der Waals surface area contributed by atoms with E-state index in [0.29, 0.717) is 10.0 Å². The van der Waals surface area contributed by atoms with E-state index in [2.05, 4.69) is 53.8 Å². The summed E-state index contributed by atoms with van der Waals surface area (Å²) in [7, 11) is 0. The minimum absolute atomic E-state index is 0. The van der Waals surface area contributed by atoms with Crippen molar-refractivity contribution in [1.82, 2.24) is 5.32 Å². The summed E-state index contributed by atoms with van der Waals surface area (Å²) in [6.45, 7) is 0. The standard InChI is InChI=1S/C22H18Cl2N2S.ClH/c23-18-12-11-17(19(24)13-18)14-27-22-25-20(15-7-3-1-4-8-15)21(26-22)16-9-5-2-6-10-16;/h1-13,20-21H,14H2,(H,25,26);1H. The number of amidine groups is 1. The molecule has 0 amide bonds. The predicted molar refractivity (Wildman–Crippen MR) is 124 cm³/mol. The molecule has 1 heterocycles. The van der Waals surface area contributed by atoms with Crippen LogP contribution in [0.2, 0.25) is 10.0 Å². The molecule has 0 bridgehead atoms. The maximum absolute atomic E-state index is 6.31. The highest BCUT2D eigenvalue weighted by molar-refractivity contribution is 8.13. The Morgan fingerprint density at radius 3 is 2.14 bits per heavy atom. The smallest absolute Gasteiger partial charge is 0.158 e. The second-order valence-electron chi connectivity index (χ2n) is 6.35. The topological polar surface area (TPSA) is 24.4 Å². The highest BCUT2D eigenvalue weighted by atomic mass is 35.5. The van der Waals surface area contributed by atoms with Crippen molar-refractivity contribution in [3.8, 4) is 0 Å². The molecule has 2 atom stereocenters. The lowest BCUT2D eigenvalue weighted by molar-refractivity contribution is 0.573. The molecule has 0 saturated heterocycles. The van der Waals surface area contributed by atoms with Gasteiger partial charge in [0.25, 0.3) is 0 Å². The minimum atomic E-state index is 0. The first kappa shape index (κ1) is 21.1. The van der Waals surface area contributed by atoms with Gasteiger partial charge in [0.1, 0.15) is 6.04 Å². The third kappa shape index (κ3) is 4.84. The molecular formula is C22H19Cl3N2S. The number of thioether (sulfide) groups is 1. The lowest BCUT2D eigenvalue weighted by Gasteiger charge is -2.19. The molecule has 2 unspecified atom stereocenters. The highest BCUT2D eigenvalue weighted by Gasteiger charge is 2.31. The van der Waals surface area contributed by atoms with Crippen LogP contribution in [0.3, 0.4) is 0 Å². The fraction of sp³-hybridized carbons (Fsp3) is 0.136. The molecule has 1 aliphatic rings. The quantitative estimate of drug-likeness (QED) is 0.460. The van der Waals surface area contributed by atoms with E-state index in [1.807, 2.05) is 24.3 Å². The van der Waals surface area contributed by atoms with Crippen molar-refractivity contribution in [3.63, 3.8) is 0 Å². The fourth-order valence-corrected chi connectivity index (χ4v) is 4.65. The molecule has 4 rings (SSSR count). The van der Waals surface area contributed by atoms with Gasteiger partial charge in [-0.1, -0.05) is 102 Å². The monoisotopic (exact) mass is 448 g/mol. The summed E-state index contributed by atoms with van der Waals surface area (Å²) in [6, 6.07) is 26.7.